The van der Waals surface area contributed by atoms with Gasteiger partial charge in [0.2, 0.25) is 5.91 Å². The van der Waals surface area contributed by atoms with Crippen LogP contribution in [-0.4, -0.2) is 56.1 Å². The number of carbonyl (C=O) groups is 2. The predicted octanol–water partition coefficient (Wildman–Crippen LogP) is 1.56. The first-order chi connectivity index (χ1) is 14.0. The van der Waals surface area contributed by atoms with Gasteiger partial charge in [0.05, 0.1) is 13.2 Å². The Hall–Kier alpha value is -2.74. The van der Waals surface area contributed by atoms with E-state index >= 15 is 0 Å². The Labute approximate surface area is 171 Å². The van der Waals surface area contributed by atoms with Crippen molar-refractivity contribution in [3.8, 4) is 0 Å². The molecule has 0 radical (unpaired) electrons. The molecule has 2 aromatic carbocycles. The number of morpholine rings is 1. The second-order valence-electron chi connectivity index (χ2n) is 7.31. The van der Waals surface area contributed by atoms with E-state index in [4.69, 9.17) is 10.5 Å². The number of amides is 2. The van der Waals surface area contributed by atoms with E-state index in [0.29, 0.717) is 17.8 Å². The highest BCUT2D eigenvalue weighted by Crippen LogP contribution is 2.20. The molecular weight excluding hydrogens is 368 g/mol. The Kier molecular flexibility index (Phi) is 6.98. The van der Waals surface area contributed by atoms with Crippen molar-refractivity contribution in [2.45, 2.75) is 12.5 Å². The van der Waals surface area contributed by atoms with E-state index in [1.807, 2.05) is 30.3 Å². The van der Waals surface area contributed by atoms with Gasteiger partial charge in [-0.15, -0.1) is 0 Å². The molecule has 1 fully saturated rings. The van der Waals surface area contributed by atoms with Crippen molar-refractivity contribution in [1.29, 1.82) is 0 Å². The summed E-state index contributed by atoms with van der Waals surface area (Å²) in [6.07, 6.45) is 0. The predicted molar refractivity (Wildman–Crippen MR) is 113 cm³/mol. The number of benzene rings is 2. The van der Waals surface area contributed by atoms with Crippen LogP contribution in [0.15, 0.2) is 54.6 Å². The van der Waals surface area contributed by atoms with Crippen LogP contribution in [-0.2, 0) is 15.1 Å². The molecule has 0 bridgehead atoms. The van der Waals surface area contributed by atoms with Crippen LogP contribution in [0.2, 0.25) is 0 Å². The fourth-order valence-electron chi connectivity index (χ4n) is 3.14. The molecule has 1 heterocycles. The molecule has 0 aliphatic carbocycles. The van der Waals surface area contributed by atoms with Gasteiger partial charge >= 0.3 is 0 Å². The number of carbonyl (C=O) groups excluding carboxylic acids is 2. The highest BCUT2D eigenvalue weighted by molar-refractivity contribution is 5.99. The van der Waals surface area contributed by atoms with Crippen molar-refractivity contribution < 1.29 is 14.3 Å². The van der Waals surface area contributed by atoms with E-state index in [2.05, 4.69) is 15.5 Å². The molecule has 4 N–H and O–H groups in total. The van der Waals surface area contributed by atoms with Gasteiger partial charge in [-0.05, 0) is 36.8 Å². The Morgan fingerprint density at radius 1 is 1.07 bits per heavy atom. The zero-order chi connectivity index (χ0) is 20.7. The van der Waals surface area contributed by atoms with E-state index < -0.39 is 5.54 Å². The van der Waals surface area contributed by atoms with Crippen molar-refractivity contribution in [2.75, 3.05) is 44.7 Å². The first-order valence-electron chi connectivity index (χ1n) is 9.81. The standard InChI is InChI=1S/C22H28N4O3/c1-22(23,18-5-3-2-4-6-18)21(28)25-19-9-7-17(8-10-19)20(27)24-11-12-26-13-15-29-16-14-26/h2-10H,11-16,23H2,1H3,(H,24,27)(H,25,28). The van der Waals surface area contributed by atoms with Crippen LogP contribution in [0, 0.1) is 0 Å². The molecule has 2 aromatic rings. The average Bonchev–Trinajstić information content (AvgIpc) is 2.75. The van der Waals surface area contributed by atoms with Crippen molar-refractivity contribution in [1.82, 2.24) is 10.2 Å². The molecule has 7 heteroatoms. The SMILES string of the molecule is CC(N)(C(=O)Nc1ccc(C(=O)NCCN2CCOCC2)cc1)c1ccccc1. The second kappa shape index (κ2) is 9.65. The van der Waals surface area contributed by atoms with Crippen molar-refractivity contribution in [3.05, 3.63) is 65.7 Å². The monoisotopic (exact) mass is 396 g/mol. The minimum absolute atomic E-state index is 0.135. The van der Waals surface area contributed by atoms with Gasteiger partial charge in [0, 0.05) is 37.4 Å². The zero-order valence-corrected chi connectivity index (χ0v) is 16.7. The molecule has 1 atom stereocenters. The van der Waals surface area contributed by atoms with Gasteiger partial charge in [-0.25, -0.2) is 0 Å². The molecule has 3 rings (SSSR count). The molecule has 2 amide bonds. The third-order valence-corrected chi connectivity index (χ3v) is 5.07. The number of rotatable bonds is 7. The number of hydrogen-bond donors (Lipinski definition) is 3. The average molecular weight is 396 g/mol. The number of anilines is 1. The van der Waals surface area contributed by atoms with Gasteiger partial charge in [-0.1, -0.05) is 30.3 Å². The van der Waals surface area contributed by atoms with Gasteiger partial charge < -0.3 is 21.1 Å². The smallest absolute Gasteiger partial charge is 0.251 e. The molecule has 1 aliphatic heterocycles. The number of nitrogens with zero attached hydrogens (tertiary/aromatic N) is 1. The molecule has 29 heavy (non-hydrogen) atoms. The van der Waals surface area contributed by atoms with Gasteiger partial charge in [0.15, 0.2) is 0 Å². The van der Waals surface area contributed by atoms with Gasteiger partial charge in [-0.3, -0.25) is 14.5 Å². The van der Waals surface area contributed by atoms with Crippen molar-refractivity contribution in [2.24, 2.45) is 5.73 Å². The molecule has 0 spiro atoms. The third kappa shape index (κ3) is 5.63. The molecule has 0 saturated carbocycles. The quantitative estimate of drug-likeness (QED) is 0.660. The van der Waals surface area contributed by atoms with Gasteiger partial charge in [0.1, 0.15) is 5.54 Å². The highest BCUT2D eigenvalue weighted by Gasteiger charge is 2.30. The van der Waals surface area contributed by atoms with E-state index in [0.717, 1.165) is 38.4 Å². The summed E-state index contributed by atoms with van der Waals surface area (Å²) in [5, 5.41) is 5.74. The molecule has 7 nitrogen and oxygen atoms in total. The van der Waals surface area contributed by atoms with E-state index in [-0.39, 0.29) is 11.8 Å². The van der Waals surface area contributed by atoms with Crippen LogP contribution in [0.25, 0.3) is 0 Å². The lowest BCUT2D eigenvalue weighted by atomic mass is 9.92. The molecule has 1 aliphatic rings. The summed E-state index contributed by atoms with van der Waals surface area (Å²) in [7, 11) is 0. The Balaban J connectivity index is 1.51. The molecule has 1 saturated heterocycles. The fourth-order valence-corrected chi connectivity index (χ4v) is 3.14. The number of nitrogens with two attached hydrogens (primary N) is 1. The van der Waals surface area contributed by atoms with Crippen LogP contribution in [0.3, 0.4) is 0 Å². The Bertz CT molecular complexity index is 816. The van der Waals surface area contributed by atoms with E-state index in [1.165, 1.54) is 0 Å². The van der Waals surface area contributed by atoms with Crippen LogP contribution in [0.4, 0.5) is 5.69 Å². The van der Waals surface area contributed by atoms with Crippen LogP contribution >= 0.6 is 0 Å². The van der Waals surface area contributed by atoms with Gasteiger partial charge in [0.25, 0.3) is 5.91 Å². The Morgan fingerprint density at radius 3 is 2.38 bits per heavy atom. The minimum atomic E-state index is -1.16. The van der Waals surface area contributed by atoms with E-state index in [1.54, 1.807) is 31.2 Å². The largest absolute Gasteiger partial charge is 0.379 e. The lowest BCUT2D eigenvalue weighted by molar-refractivity contribution is -0.120. The maximum Gasteiger partial charge on any atom is 0.251 e. The highest BCUT2D eigenvalue weighted by atomic mass is 16.5. The summed E-state index contributed by atoms with van der Waals surface area (Å²) in [6.45, 7) is 6.34. The molecule has 0 aromatic heterocycles. The van der Waals surface area contributed by atoms with Gasteiger partial charge in [-0.2, -0.15) is 0 Å². The molecule has 1 unspecified atom stereocenters. The zero-order valence-electron chi connectivity index (χ0n) is 16.7. The van der Waals surface area contributed by atoms with Crippen LogP contribution in [0.5, 0.6) is 0 Å². The van der Waals surface area contributed by atoms with Crippen molar-refractivity contribution >= 4 is 17.5 Å². The van der Waals surface area contributed by atoms with Crippen molar-refractivity contribution in [3.63, 3.8) is 0 Å². The molecular formula is C22H28N4O3. The summed E-state index contributed by atoms with van der Waals surface area (Å²) >= 11 is 0. The first kappa shape index (κ1) is 21.0. The van der Waals surface area contributed by atoms with Crippen LogP contribution < -0.4 is 16.4 Å². The third-order valence-electron chi connectivity index (χ3n) is 5.07. The Morgan fingerprint density at radius 2 is 1.72 bits per heavy atom. The maximum absolute atomic E-state index is 12.6. The number of ether oxygens (including phenoxy) is 1. The topological polar surface area (TPSA) is 96.7 Å². The lowest BCUT2D eigenvalue weighted by Gasteiger charge is -2.26. The summed E-state index contributed by atoms with van der Waals surface area (Å²) < 4.78 is 5.31. The number of hydrogen-bond acceptors (Lipinski definition) is 5. The normalized spacial score (nSPS) is 16.6. The summed E-state index contributed by atoms with van der Waals surface area (Å²) in [5.74, 6) is -0.449. The summed E-state index contributed by atoms with van der Waals surface area (Å²) in [5.41, 5.74) is 6.95. The number of nitrogens with one attached hydrogen (secondary N) is 2. The summed E-state index contributed by atoms with van der Waals surface area (Å²) in [6, 6.07) is 16.0. The first-order valence-corrected chi connectivity index (χ1v) is 9.81. The fraction of sp³-hybridized carbons (Fsp3) is 0.364. The summed E-state index contributed by atoms with van der Waals surface area (Å²) in [4.78, 5) is 27.2. The van der Waals surface area contributed by atoms with Crippen LogP contribution in [0.1, 0.15) is 22.8 Å². The molecule has 154 valence electrons. The second-order valence-corrected chi connectivity index (χ2v) is 7.31. The lowest BCUT2D eigenvalue weighted by Crippen LogP contribution is -2.45. The minimum Gasteiger partial charge on any atom is -0.379 e. The van der Waals surface area contributed by atoms with E-state index in [9.17, 15) is 9.59 Å². The maximum atomic E-state index is 12.6.